The SMILES string of the molecule is O=C(NCc1cccs1)c1cc(C2CCN(S(=O)(=O)c3cccc(F)c3)CC2)no1. The highest BCUT2D eigenvalue weighted by Gasteiger charge is 2.31. The zero-order valence-electron chi connectivity index (χ0n) is 16.0. The lowest BCUT2D eigenvalue weighted by molar-refractivity contribution is 0.0914. The number of piperidine rings is 1. The average molecular weight is 450 g/mol. The maximum absolute atomic E-state index is 13.4. The van der Waals surface area contributed by atoms with Crippen LogP contribution in [0.2, 0.25) is 0 Å². The summed E-state index contributed by atoms with van der Waals surface area (Å²) in [6.07, 6.45) is 1.08. The van der Waals surface area contributed by atoms with Gasteiger partial charge in [0.15, 0.2) is 0 Å². The molecule has 10 heteroatoms. The maximum Gasteiger partial charge on any atom is 0.290 e. The quantitative estimate of drug-likeness (QED) is 0.623. The van der Waals surface area contributed by atoms with Crippen LogP contribution in [0.4, 0.5) is 4.39 Å². The number of carbonyl (C=O) groups excluding carboxylic acids is 1. The van der Waals surface area contributed by atoms with Crippen molar-refractivity contribution in [2.75, 3.05) is 13.1 Å². The fourth-order valence-electron chi connectivity index (χ4n) is 3.42. The molecule has 3 heterocycles. The number of sulfonamides is 1. The Morgan fingerprint density at radius 1 is 1.23 bits per heavy atom. The van der Waals surface area contributed by atoms with Crippen LogP contribution in [0.5, 0.6) is 0 Å². The molecule has 3 aromatic rings. The van der Waals surface area contributed by atoms with E-state index in [1.54, 1.807) is 17.4 Å². The Balaban J connectivity index is 1.36. The van der Waals surface area contributed by atoms with Crippen molar-refractivity contribution in [1.82, 2.24) is 14.8 Å². The summed E-state index contributed by atoms with van der Waals surface area (Å²) in [7, 11) is -3.74. The predicted octanol–water partition coefficient (Wildman–Crippen LogP) is 3.37. The van der Waals surface area contributed by atoms with Crippen LogP contribution in [0.25, 0.3) is 0 Å². The second-order valence-electron chi connectivity index (χ2n) is 7.01. The molecule has 1 saturated heterocycles. The lowest BCUT2D eigenvalue weighted by atomic mass is 9.94. The molecule has 0 unspecified atom stereocenters. The Morgan fingerprint density at radius 2 is 2.03 bits per heavy atom. The van der Waals surface area contributed by atoms with Crippen molar-refractivity contribution < 1.29 is 22.1 Å². The highest BCUT2D eigenvalue weighted by Crippen LogP contribution is 2.30. The molecule has 1 aromatic carbocycles. The minimum atomic E-state index is -3.74. The molecule has 0 spiro atoms. The zero-order chi connectivity index (χ0) is 21.1. The summed E-state index contributed by atoms with van der Waals surface area (Å²) in [5.41, 5.74) is 0.638. The van der Waals surface area contributed by atoms with E-state index >= 15 is 0 Å². The van der Waals surface area contributed by atoms with Crippen molar-refractivity contribution in [3.8, 4) is 0 Å². The molecule has 7 nitrogen and oxygen atoms in total. The molecule has 1 fully saturated rings. The third-order valence-corrected chi connectivity index (χ3v) is 7.83. The summed E-state index contributed by atoms with van der Waals surface area (Å²) >= 11 is 1.55. The molecule has 0 aliphatic carbocycles. The number of thiophene rings is 1. The van der Waals surface area contributed by atoms with Crippen LogP contribution >= 0.6 is 11.3 Å². The van der Waals surface area contributed by atoms with Crippen LogP contribution < -0.4 is 5.32 Å². The van der Waals surface area contributed by atoms with E-state index in [0.717, 1.165) is 10.9 Å². The van der Waals surface area contributed by atoms with Gasteiger partial charge in [-0.1, -0.05) is 17.3 Å². The molecule has 2 aromatic heterocycles. The van der Waals surface area contributed by atoms with Crippen molar-refractivity contribution in [2.24, 2.45) is 0 Å². The van der Waals surface area contributed by atoms with Gasteiger partial charge in [-0.05, 0) is 42.5 Å². The van der Waals surface area contributed by atoms with Gasteiger partial charge in [0, 0.05) is 30.0 Å². The lowest BCUT2D eigenvalue weighted by Gasteiger charge is -2.30. The summed E-state index contributed by atoms with van der Waals surface area (Å²) in [5.74, 6) is -0.797. The Bertz CT molecular complexity index is 1120. The molecule has 4 rings (SSSR count). The minimum Gasteiger partial charge on any atom is -0.351 e. The van der Waals surface area contributed by atoms with Crippen LogP contribution in [0.1, 0.15) is 39.9 Å². The van der Waals surface area contributed by atoms with Crippen LogP contribution in [-0.2, 0) is 16.6 Å². The van der Waals surface area contributed by atoms with Gasteiger partial charge < -0.3 is 9.84 Å². The van der Waals surface area contributed by atoms with E-state index in [2.05, 4.69) is 10.5 Å². The number of halogens is 1. The largest absolute Gasteiger partial charge is 0.351 e. The fourth-order valence-corrected chi connectivity index (χ4v) is 5.57. The number of aromatic nitrogens is 1. The molecule has 1 amide bonds. The van der Waals surface area contributed by atoms with Crippen LogP contribution in [0, 0.1) is 5.82 Å². The van der Waals surface area contributed by atoms with E-state index in [1.165, 1.54) is 22.5 Å². The van der Waals surface area contributed by atoms with Gasteiger partial charge in [-0.15, -0.1) is 11.3 Å². The average Bonchev–Trinajstić information content (AvgIpc) is 3.44. The van der Waals surface area contributed by atoms with E-state index in [0.29, 0.717) is 25.1 Å². The van der Waals surface area contributed by atoms with Crippen molar-refractivity contribution in [3.63, 3.8) is 0 Å². The summed E-state index contributed by atoms with van der Waals surface area (Å²) in [6.45, 7) is 0.995. The molecular weight excluding hydrogens is 429 g/mol. The molecule has 158 valence electrons. The number of benzene rings is 1. The van der Waals surface area contributed by atoms with Gasteiger partial charge in [-0.2, -0.15) is 4.31 Å². The van der Waals surface area contributed by atoms with E-state index in [4.69, 9.17) is 4.52 Å². The van der Waals surface area contributed by atoms with E-state index in [1.807, 2.05) is 17.5 Å². The number of hydrogen-bond acceptors (Lipinski definition) is 6. The number of carbonyl (C=O) groups is 1. The monoisotopic (exact) mass is 449 g/mol. The van der Waals surface area contributed by atoms with E-state index in [-0.39, 0.29) is 35.6 Å². The van der Waals surface area contributed by atoms with E-state index < -0.39 is 15.8 Å². The van der Waals surface area contributed by atoms with Crippen LogP contribution in [-0.4, -0.2) is 36.9 Å². The summed E-state index contributed by atoms with van der Waals surface area (Å²) in [4.78, 5) is 13.2. The van der Waals surface area contributed by atoms with Gasteiger partial charge >= 0.3 is 0 Å². The van der Waals surface area contributed by atoms with Crippen molar-refractivity contribution in [1.29, 1.82) is 0 Å². The normalized spacial score (nSPS) is 15.9. The number of amides is 1. The highest BCUT2D eigenvalue weighted by atomic mass is 32.2. The standard InChI is InChI=1S/C20H20FN3O4S2/c21-15-3-1-5-17(11-15)30(26,27)24-8-6-14(7-9-24)18-12-19(28-23-18)20(25)22-13-16-4-2-10-29-16/h1-5,10-12,14H,6-9,13H2,(H,22,25). The van der Waals surface area contributed by atoms with Gasteiger partial charge in [-0.3, -0.25) is 4.79 Å². The second-order valence-corrected chi connectivity index (χ2v) is 9.98. The summed E-state index contributed by atoms with van der Waals surface area (Å²) in [5, 5.41) is 8.74. The topological polar surface area (TPSA) is 92.5 Å². The Hall–Kier alpha value is -2.56. The molecule has 1 aliphatic heterocycles. The molecule has 1 N–H and O–H groups in total. The Kier molecular flexibility index (Phi) is 5.98. The number of nitrogens with one attached hydrogen (secondary N) is 1. The highest BCUT2D eigenvalue weighted by molar-refractivity contribution is 7.89. The molecule has 0 bridgehead atoms. The van der Waals surface area contributed by atoms with Crippen LogP contribution in [0.3, 0.4) is 0 Å². The van der Waals surface area contributed by atoms with Gasteiger partial charge in [0.05, 0.1) is 17.1 Å². The predicted molar refractivity (Wildman–Crippen MR) is 109 cm³/mol. The first kappa shape index (κ1) is 20.7. The third kappa shape index (κ3) is 4.45. The fraction of sp³-hybridized carbons (Fsp3) is 0.300. The minimum absolute atomic E-state index is 0.00782. The van der Waals surface area contributed by atoms with Crippen molar-refractivity contribution >= 4 is 27.3 Å². The smallest absolute Gasteiger partial charge is 0.290 e. The first-order valence-electron chi connectivity index (χ1n) is 9.46. The Morgan fingerprint density at radius 3 is 2.73 bits per heavy atom. The van der Waals surface area contributed by atoms with Crippen molar-refractivity contribution in [3.05, 3.63) is 70.0 Å². The molecule has 0 radical (unpaired) electrons. The maximum atomic E-state index is 13.4. The third-order valence-electron chi connectivity index (χ3n) is 5.06. The van der Waals surface area contributed by atoms with Gasteiger partial charge in [0.2, 0.25) is 15.8 Å². The first-order valence-corrected chi connectivity index (χ1v) is 11.8. The number of nitrogens with zero attached hydrogens (tertiary/aromatic N) is 2. The Labute approximate surface area is 177 Å². The second kappa shape index (κ2) is 8.66. The van der Waals surface area contributed by atoms with Gasteiger partial charge in [0.1, 0.15) is 5.82 Å². The molecule has 0 atom stereocenters. The zero-order valence-corrected chi connectivity index (χ0v) is 17.6. The van der Waals surface area contributed by atoms with Crippen molar-refractivity contribution in [2.45, 2.75) is 30.2 Å². The molecule has 30 heavy (non-hydrogen) atoms. The lowest BCUT2D eigenvalue weighted by Crippen LogP contribution is -2.38. The molecule has 0 saturated carbocycles. The van der Waals surface area contributed by atoms with Gasteiger partial charge in [0.25, 0.3) is 5.91 Å². The summed E-state index contributed by atoms with van der Waals surface area (Å²) in [6, 6.07) is 10.5. The van der Waals surface area contributed by atoms with E-state index in [9.17, 15) is 17.6 Å². The van der Waals surface area contributed by atoms with Crippen LogP contribution in [0.15, 0.2) is 57.3 Å². The first-order chi connectivity index (χ1) is 14.4. The van der Waals surface area contributed by atoms with Gasteiger partial charge in [-0.25, -0.2) is 12.8 Å². The number of rotatable bonds is 6. The molecular formula is C20H20FN3O4S2. The number of hydrogen-bond donors (Lipinski definition) is 1. The molecule has 1 aliphatic rings. The summed E-state index contributed by atoms with van der Waals surface area (Å²) < 4.78 is 45.4.